The highest BCUT2D eigenvalue weighted by atomic mass is 19.4. The lowest BCUT2D eigenvalue weighted by Gasteiger charge is -2.34. The van der Waals surface area contributed by atoms with Crippen LogP contribution in [0.5, 0.6) is 0 Å². The number of amides is 3. The molecule has 3 aromatic carbocycles. The van der Waals surface area contributed by atoms with E-state index in [-0.39, 0.29) is 18.4 Å². The third-order valence-electron chi connectivity index (χ3n) is 6.76. The maximum absolute atomic E-state index is 13.4. The highest BCUT2D eigenvalue weighted by molar-refractivity contribution is 6.10. The molecule has 0 spiro atoms. The van der Waals surface area contributed by atoms with Crippen molar-refractivity contribution in [3.05, 3.63) is 70.8 Å². The molecule has 0 aromatic heterocycles. The molecule has 0 saturated carbocycles. The van der Waals surface area contributed by atoms with Gasteiger partial charge in [-0.3, -0.25) is 4.79 Å². The molecule has 3 amide bonds. The number of hydrogen-bond donors (Lipinski definition) is 6. The van der Waals surface area contributed by atoms with Gasteiger partial charge in [-0.1, -0.05) is 42.0 Å². The van der Waals surface area contributed by atoms with Crippen LogP contribution in [0.25, 0.3) is 10.8 Å². The normalized spacial score (nSPS) is 14.2. The second-order valence-corrected chi connectivity index (χ2v) is 9.99. The molecule has 6 N–H and O–H groups in total. The van der Waals surface area contributed by atoms with Crippen LogP contribution in [0.1, 0.15) is 39.9 Å². The molecule has 1 aliphatic rings. The molecule has 0 aliphatic carbocycles. The van der Waals surface area contributed by atoms with Gasteiger partial charge in [0.25, 0.3) is 5.91 Å². The van der Waals surface area contributed by atoms with Crippen molar-refractivity contribution in [3.8, 4) is 0 Å². The van der Waals surface area contributed by atoms with Gasteiger partial charge in [0, 0.05) is 5.69 Å². The first-order valence-corrected chi connectivity index (χ1v) is 12.9. The van der Waals surface area contributed by atoms with Crippen LogP contribution in [0, 0.1) is 20.8 Å². The zero-order chi connectivity index (χ0) is 31.2. The molecule has 1 saturated heterocycles. The Labute approximate surface area is 239 Å². The second-order valence-electron chi connectivity index (χ2n) is 9.99. The van der Waals surface area contributed by atoms with E-state index in [1.54, 1.807) is 12.1 Å². The van der Waals surface area contributed by atoms with E-state index in [1.807, 2.05) is 57.2 Å². The smallest absolute Gasteiger partial charge is 0.480 e. The number of aryl methyl sites for hydroxylation is 3. The highest BCUT2D eigenvalue weighted by Crippen LogP contribution is 2.28. The van der Waals surface area contributed by atoms with Gasteiger partial charge in [0.1, 0.15) is 5.54 Å². The van der Waals surface area contributed by atoms with Crippen LogP contribution in [-0.4, -0.2) is 58.9 Å². The number of piperidine rings is 1. The SMILES string of the molecule is Cc1cc(C)c(NC(=O)Nc2cc3ccccc3cc2C(=O)NC2(C(=O)O)CCNCC2)c(C)c1.O=C(O)C(F)(F)F. The minimum absolute atomic E-state index is 0.204. The van der Waals surface area contributed by atoms with Crippen molar-refractivity contribution < 1.29 is 42.6 Å². The summed E-state index contributed by atoms with van der Waals surface area (Å²) in [6.07, 6.45) is -4.53. The third kappa shape index (κ3) is 7.75. The summed E-state index contributed by atoms with van der Waals surface area (Å²) >= 11 is 0. The van der Waals surface area contributed by atoms with E-state index in [2.05, 4.69) is 21.3 Å². The molecule has 0 atom stereocenters. The van der Waals surface area contributed by atoms with Crippen LogP contribution in [-0.2, 0) is 9.59 Å². The van der Waals surface area contributed by atoms with Crippen molar-refractivity contribution in [3.63, 3.8) is 0 Å². The lowest BCUT2D eigenvalue weighted by Crippen LogP contribution is -2.59. The number of nitrogens with one attached hydrogen (secondary N) is 4. The molecule has 0 bridgehead atoms. The molecular weight excluding hydrogens is 557 g/mol. The predicted octanol–water partition coefficient (Wildman–Crippen LogP) is 4.98. The van der Waals surface area contributed by atoms with Gasteiger partial charge in [0.2, 0.25) is 0 Å². The molecule has 4 rings (SSSR count). The maximum atomic E-state index is 13.4. The average Bonchev–Trinajstić information content (AvgIpc) is 2.90. The summed E-state index contributed by atoms with van der Waals surface area (Å²) in [5.74, 6) is -4.36. The quantitative estimate of drug-likeness (QED) is 0.245. The van der Waals surface area contributed by atoms with Crippen LogP contribution in [0.4, 0.5) is 29.3 Å². The summed E-state index contributed by atoms with van der Waals surface area (Å²) < 4.78 is 31.7. The number of rotatable bonds is 5. The van der Waals surface area contributed by atoms with E-state index in [1.165, 1.54) is 0 Å². The standard InChI is InChI=1S/C27H30N4O4.C2HF3O2/c1-16-12-17(2)23(18(3)13-16)30-26(35)29-22-15-20-7-5-4-6-19(20)14-21(22)24(32)31-27(25(33)34)8-10-28-11-9-27;3-2(4,5)1(6)7/h4-7,12-15,28H,8-11H2,1-3H3,(H,31,32)(H,33,34)(H2,29,30,35);(H,6,7). The molecule has 1 aliphatic heterocycles. The monoisotopic (exact) mass is 588 g/mol. The molecular formula is C29H31F3N4O6. The first-order valence-electron chi connectivity index (χ1n) is 12.9. The Morgan fingerprint density at radius 3 is 1.88 bits per heavy atom. The number of urea groups is 1. The van der Waals surface area contributed by atoms with Gasteiger partial charge in [0.05, 0.1) is 11.3 Å². The van der Waals surface area contributed by atoms with Gasteiger partial charge < -0.3 is 31.5 Å². The minimum atomic E-state index is -5.08. The Hall–Kier alpha value is -4.65. The molecule has 1 fully saturated rings. The zero-order valence-electron chi connectivity index (χ0n) is 23.1. The van der Waals surface area contributed by atoms with Crippen molar-refractivity contribution in [2.24, 2.45) is 0 Å². The molecule has 224 valence electrons. The number of alkyl halides is 3. The number of halogens is 3. The number of hydrogen-bond acceptors (Lipinski definition) is 5. The summed E-state index contributed by atoms with van der Waals surface area (Å²) in [6, 6.07) is 14.4. The van der Waals surface area contributed by atoms with E-state index in [4.69, 9.17) is 9.90 Å². The largest absolute Gasteiger partial charge is 0.490 e. The van der Waals surface area contributed by atoms with Crippen LogP contribution < -0.4 is 21.3 Å². The lowest BCUT2D eigenvalue weighted by atomic mass is 9.88. The van der Waals surface area contributed by atoms with E-state index in [9.17, 15) is 32.7 Å². The van der Waals surface area contributed by atoms with Crippen molar-refractivity contribution in [1.82, 2.24) is 10.6 Å². The molecule has 1 heterocycles. The van der Waals surface area contributed by atoms with Crippen molar-refractivity contribution in [2.45, 2.75) is 45.3 Å². The molecule has 10 nitrogen and oxygen atoms in total. The Morgan fingerprint density at radius 2 is 1.38 bits per heavy atom. The summed E-state index contributed by atoms with van der Waals surface area (Å²) in [4.78, 5) is 47.4. The Balaban J connectivity index is 0.000000616. The summed E-state index contributed by atoms with van der Waals surface area (Å²) in [5.41, 5.74) is 2.82. The summed E-state index contributed by atoms with van der Waals surface area (Å²) in [5, 5.41) is 30.2. The van der Waals surface area contributed by atoms with Crippen LogP contribution in [0.2, 0.25) is 0 Å². The fraction of sp³-hybridized carbons (Fsp3) is 0.310. The highest BCUT2D eigenvalue weighted by Gasteiger charge is 2.41. The van der Waals surface area contributed by atoms with Crippen LogP contribution in [0.3, 0.4) is 0 Å². The van der Waals surface area contributed by atoms with Gasteiger partial charge in [-0.25, -0.2) is 14.4 Å². The fourth-order valence-electron chi connectivity index (χ4n) is 4.71. The van der Waals surface area contributed by atoms with E-state index in [0.717, 1.165) is 27.5 Å². The van der Waals surface area contributed by atoms with E-state index < -0.39 is 35.6 Å². The van der Waals surface area contributed by atoms with E-state index in [0.29, 0.717) is 24.5 Å². The second kappa shape index (κ2) is 12.9. The van der Waals surface area contributed by atoms with Crippen molar-refractivity contribution in [1.29, 1.82) is 0 Å². The Kier molecular flexibility index (Phi) is 9.79. The topological polar surface area (TPSA) is 157 Å². The van der Waals surface area contributed by atoms with Gasteiger partial charge in [-0.15, -0.1) is 0 Å². The van der Waals surface area contributed by atoms with Crippen LogP contribution in [0.15, 0.2) is 48.5 Å². The van der Waals surface area contributed by atoms with Crippen LogP contribution >= 0.6 is 0 Å². The van der Waals surface area contributed by atoms with Crippen molar-refractivity contribution >= 4 is 46.0 Å². The molecule has 42 heavy (non-hydrogen) atoms. The maximum Gasteiger partial charge on any atom is 0.490 e. The predicted molar refractivity (Wildman–Crippen MR) is 151 cm³/mol. The lowest BCUT2D eigenvalue weighted by molar-refractivity contribution is -0.192. The number of carbonyl (C=O) groups is 4. The van der Waals surface area contributed by atoms with Gasteiger partial charge in [0.15, 0.2) is 0 Å². The number of aliphatic carboxylic acids is 2. The third-order valence-corrected chi connectivity index (χ3v) is 6.76. The number of carboxylic acid groups (broad SMARTS) is 2. The van der Waals surface area contributed by atoms with Gasteiger partial charge >= 0.3 is 24.1 Å². The van der Waals surface area contributed by atoms with Gasteiger partial charge in [-0.05, 0) is 80.7 Å². The zero-order valence-corrected chi connectivity index (χ0v) is 23.1. The molecule has 3 aromatic rings. The van der Waals surface area contributed by atoms with Gasteiger partial charge in [-0.2, -0.15) is 13.2 Å². The number of carbonyl (C=O) groups excluding carboxylic acids is 2. The van der Waals surface area contributed by atoms with Crippen molar-refractivity contribution in [2.75, 3.05) is 23.7 Å². The minimum Gasteiger partial charge on any atom is -0.480 e. The number of benzene rings is 3. The first kappa shape index (κ1) is 31.9. The fourth-order valence-corrected chi connectivity index (χ4v) is 4.71. The average molecular weight is 589 g/mol. The number of carboxylic acids is 2. The molecule has 0 radical (unpaired) electrons. The van der Waals surface area contributed by atoms with E-state index >= 15 is 0 Å². The summed E-state index contributed by atoms with van der Waals surface area (Å²) in [7, 11) is 0. The molecule has 0 unspecified atom stereocenters. The number of fused-ring (bicyclic) bond motifs is 1. The first-order chi connectivity index (χ1) is 19.6. The Bertz CT molecular complexity index is 1490. The molecule has 13 heteroatoms. The number of anilines is 2. The Morgan fingerprint density at radius 1 is 0.857 bits per heavy atom. The summed E-state index contributed by atoms with van der Waals surface area (Å²) in [6.45, 7) is 6.83.